The van der Waals surface area contributed by atoms with E-state index in [0.29, 0.717) is 0 Å². The lowest BCUT2D eigenvalue weighted by Gasteiger charge is -1.95. The van der Waals surface area contributed by atoms with E-state index in [0.717, 1.165) is 24.5 Å². The molecule has 2 rings (SSSR count). The molecule has 0 unspecified atom stereocenters. The van der Waals surface area contributed by atoms with Gasteiger partial charge in [-0.15, -0.1) is 0 Å². The summed E-state index contributed by atoms with van der Waals surface area (Å²) in [6.07, 6.45) is 1.71. The summed E-state index contributed by atoms with van der Waals surface area (Å²) in [7, 11) is 0. The van der Waals surface area contributed by atoms with Crippen LogP contribution in [0.4, 0.5) is 8.78 Å². The van der Waals surface area contributed by atoms with Crippen molar-refractivity contribution in [3.8, 4) is 0 Å². The number of halogens is 4. The van der Waals surface area contributed by atoms with E-state index in [4.69, 9.17) is 33.4 Å². The van der Waals surface area contributed by atoms with Crippen LogP contribution in [0.2, 0.25) is 10.3 Å². The number of aromatic nitrogens is 2. The number of rotatable bonds is 2. The molecule has 10 heteroatoms. The second-order valence-corrected chi connectivity index (χ2v) is 4.31. The molecule has 0 aliphatic heterocycles. The zero-order valence-corrected chi connectivity index (χ0v) is 11.9. The van der Waals surface area contributed by atoms with E-state index >= 15 is 0 Å². The third-order valence-electron chi connectivity index (χ3n) is 2.07. The average molecular weight is 351 g/mol. The summed E-state index contributed by atoms with van der Waals surface area (Å²) in [5.41, 5.74) is -0.654. The highest BCUT2D eigenvalue weighted by Gasteiger charge is 2.10. The van der Waals surface area contributed by atoms with Crippen molar-refractivity contribution >= 4 is 35.1 Å². The van der Waals surface area contributed by atoms with Crippen LogP contribution in [0.5, 0.6) is 0 Å². The summed E-state index contributed by atoms with van der Waals surface area (Å²) in [6, 6.07) is 1.63. The van der Waals surface area contributed by atoms with Gasteiger partial charge in [0, 0.05) is 0 Å². The molecule has 0 atom stereocenters. The largest absolute Gasteiger partial charge is 0.478 e. The maximum Gasteiger partial charge on any atom is 0.338 e. The van der Waals surface area contributed by atoms with Crippen molar-refractivity contribution in [2.24, 2.45) is 0 Å². The van der Waals surface area contributed by atoms with Gasteiger partial charge in [-0.05, 0) is 12.1 Å². The molecule has 0 aromatic carbocycles. The number of carbonyl (C=O) groups is 2. The lowest BCUT2D eigenvalue weighted by Crippen LogP contribution is -1.99. The van der Waals surface area contributed by atoms with Crippen LogP contribution >= 0.6 is 23.2 Å². The van der Waals surface area contributed by atoms with Gasteiger partial charge in [0.15, 0.2) is 0 Å². The maximum atomic E-state index is 12.3. The zero-order chi connectivity index (χ0) is 16.9. The standard InChI is InChI=1S/2C6H3ClFNO2/c2*7-5-4(6(10)11)1-3(8)2-9-5/h2*1-2H,(H,10,11). The van der Waals surface area contributed by atoms with E-state index in [1.807, 2.05) is 0 Å². The molecule has 0 fully saturated rings. The monoisotopic (exact) mass is 350 g/mol. The number of nitrogens with zero attached hydrogens (tertiary/aromatic N) is 2. The summed E-state index contributed by atoms with van der Waals surface area (Å²) in [4.78, 5) is 27.2. The van der Waals surface area contributed by atoms with Crippen LogP contribution in [0, 0.1) is 11.6 Å². The van der Waals surface area contributed by atoms with E-state index in [1.54, 1.807) is 0 Å². The van der Waals surface area contributed by atoms with Crippen LogP contribution in [0.15, 0.2) is 24.5 Å². The maximum absolute atomic E-state index is 12.3. The Bertz CT molecular complexity index is 667. The first-order chi connectivity index (χ1) is 10.2. The Morgan fingerprint density at radius 2 is 1.18 bits per heavy atom. The molecule has 0 aliphatic rings. The highest BCUT2D eigenvalue weighted by atomic mass is 35.5. The fourth-order valence-corrected chi connectivity index (χ4v) is 1.51. The van der Waals surface area contributed by atoms with Crippen LogP contribution in [0.3, 0.4) is 0 Å². The Hall–Kier alpha value is -2.32. The van der Waals surface area contributed by atoms with Crippen molar-refractivity contribution in [3.05, 3.63) is 57.6 Å². The van der Waals surface area contributed by atoms with E-state index in [2.05, 4.69) is 9.97 Å². The molecule has 0 bridgehead atoms. The molecule has 0 saturated heterocycles. The Balaban J connectivity index is 0.000000220. The topological polar surface area (TPSA) is 100 Å². The fourth-order valence-electron chi connectivity index (χ4n) is 1.15. The molecule has 0 amide bonds. The van der Waals surface area contributed by atoms with Crippen molar-refractivity contribution in [1.29, 1.82) is 0 Å². The van der Waals surface area contributed by atoms with Gasteiger partial charge in [-0.3, -0.25) is 0 Å². The quantitative estimate of drug-likeness (QED) is 0.807. The molecule has 2 aromatic heterocycles. The molecule has 0 aliphatic carbocycles. The molecule has 22 heavy (non-hydrogen) atoms. The van der Waals surface area contributed by atoms with Crippen LogP contribution in [-0.2, 0) is 0 Å². The SMILES string of the molecule is O=C(O)c1cc(F)cnc1Cl.O=C(O)c1cc(F)cnc1Cl. The molecule has 116 valence electrons. The van der Waals surface area contributed by atoms with Crippen molar-refractivity contribution in [3.63, 3.8) is 0 Å². The van der Waals surface area contributed by atoms with E-state index in [9.17, 15) is 18.4 Å². The summed E-state index contributed by atoms with van der Waals surface area (Å²) >= 11 is 10.7. The third-order valence-corrected chi connectivity index (χ3v) is 2.67. The summed E-state index contributed by atoms with van der Waals surface area (Å²) < 4.78 is 24.6. The van der Waals surface area contributed by atoms with Gasteiger partial charge < -0.3 is 10.2 Å². The highest BCUT2D eigenvalue weighted by Crippen LogP contribution is 2.13. The number of hydrogen-bond acceptors (Lipinski definition) is 4. The van der Waals surface area contributed by atoms with Gasteiger partial charge in [-0.25, -0.2) is 28.3 Å². The first kappa shape index (κ1) is 17.7. The predicted molar refractivity (Wildman–Crippen MR) is 72.3 cm³/mol. The number of pyridine rings is 2. The fraction of sp³-hybridized carbons (Fsp3) is 0. The number of carboxylic acid groups (broad SMARTS) is 2. The van der Waals surface area contributed by atoms with Gasteiger partial charge in [0.2, 0.25) is 0 Å². The lowest BCUT2D eigenvalue weighted by molar-refractivity contribution is 0.0685. The molecule has 6 nitrogen and oxygen atoms in total. The van der Waals surface area contributed by atoms with Crippen molar-refractivity contribution in [1.82, 2.24) is 9.97 Å². The Morgan fingerprint density at radius 1 is 0.864 bits per heavy atom. The number of aromatic carboxylic acids is 2. The number of carboxylic acids is 2. The molecule has 2 aromatic rings. The van der Waals surface area contributed by atoms with E-state index in [-0.39, 0.29) is 21.4 Å². The molecule has 2 N–H and O–H groups in total. The minimum absolute atomic E-state index is 0.209. The molecular formula is C12H6Cl2F2N2O4. The second kappa shape index (κ2) is 7.62. The Kier molecular flexibility index (Phi) is 6.14. The molecule has 0 spiro atoms. The lowest BCUT2D eigenvalue weighted by atomic mass is 10.3. The molecule has 0 radical (unpaired) electrons. The highest BCUT2D eigenvalue weighted by molar-refractivity contribution is 6.32. The first-order valence-corrected chi connectivity index (χ1v) is 6.06. The smallest absolute Gasteiger partial charge is 0.338 e. The minimum atomic E-state index is -1.29. The van der Waals surface area contributed by atoms with Crippen molar-refractivity contribution in [2.75, 3.05) is 0 Å². The summed E-state index contributed by atoms with van der Waals surface area (Å²) in [6.45, 7) is 0. The van der Waals surface area contributed by atoms with Crippen LogP contribution in [0.1, 0.15) is 20.7 Å². The van der Waals surface area contributed by atoms with Crippen molar-refractivity contribution in [2.45, 2.75) is 0 Å². The van der Waals surface area contributed by atoms with Gasteiger partial charge in [0.1, 0.15) is 21.9 Å². The van der Waals surface area contributed by atoms with Gasteiger partial charge in [-0.1, -0.05) is 23.2 Å². The predicted octanol–water partition coefficient (Wildman–Crippen LogP) is 3.14. The zero-order valence-electron chi connectivity index (χ0n) is 10.4. The van der Waals surface area contributed by atoms with Crippen molar-refractivity contribution < 1.29 is 28.6 Å². The third kappa shape index (κ3) is 4.90. The van der Waals surface area contributed by atoms with Crippen LogP contribution < -0.4 is 0 Å². The summed E-state index contributed by atoms with van der Waals surface area (Å²) in [5, 5.41) is 16.4. The summed E-state index contributed by atoms with van der Waals surface area (Å²) in [5.74, 6) is -4.01. The molecular weight excluding hydrogens is 345 g/mol. The normalized spacial score (nSPS) is 9.64. The van der Waals surface area contributed by atoms with Crippen LogP contribution in [0.25, 0.3) is 0 Å². The van der Waals surface area contributed by atoms with Gasteiger partial charge >= 0.3 is 11.9 Å². The Morgan fingerprint density at radius 3 is 1.41 bits per heavy atom. The van der Waals surface area contributed by atoms with E-state index < -0.39 is 23.6 Å². The average Bonchev–Trinajstić information content (AvgIpc) is 2.44. The van der Waals surface area contributed by atoms with Crippen LogP contribution in [-0.4, -0.2) is 32.1 Å². The minimum Gasteiger partial charge on any atom is -0.478 e. The van der Waals surface area contributed by atoms with Gasteiger partial charge in [0.05, 0.1) is 23.5 Å². The second-order valence-electron chi connectivity index (χ2n) is 3.59. The molecule has 0 saturated carbocycles. The first-order valence-electron chi connectivity index (χ1n) is 5.31. The van der Waals surface area contributed by atoms with Gasteiger partial charge in [0.25, 0.3) is 0 Å². The molecule has 2 heterocycles. The Labute approximate surface area is 132 Å². The van der Waals surface area contributed by atoms with Gasteiger partial charge in [-0.2, -0.15) is 0 Å². The van der Waals surface area contributed by atoms with E-state index in [1.165, 1.54) is 0 Å². The number of hydrogen-bond donors (Lipinski definition) is 2.